The lowest BCUT2D eigenvalue weighted by atomic mass is 9.86. The largest absolute Gasteiger partial charge is 0.393 e. The number of benzene rings is 1. The Morgan fingerprint density at radius 3 is 2.46 bits per heavy atom. The van der Waals surface area contributed by atoms with E-state index >= 15 is 0 Å². The molecule has 0 amide bonds. The van der Waals surface area contributed by atoms with E-state index in [2.05, 4.69) is 44.2 Å². The number of aliphatic hydroxyl groups excluding tert-OH is 1. The summed E-state index contributed by atoms with van der Waals surface area (Å²) in [5, 5.41) is 10.4. The fraction of sp³-hybridized carbons (Fsp3) is 0.727. The Morgan fingerprint density at radius 1 is 1.00 bits per heavy atom. The van der Waals surface area contributed by atoms with Crippen molar-refractivity contribution in [3.8, 4) is 0 Å². The zero-order valence-electron chi connectivity index (χ0n) is 15.6. The molecule has 2 nitrogen and oxygen atoms in total. The predicted octanol–water partition coefficient (Wildman–Crippen LogP) is 5.52. The summed E-state index contributed by atoms with van der Waals surface area (Å²) in [6.07, 6.45) is 12.1. The van der Waals surface area contributed by atoms with Gasteiger partial charge in [0.2, 0.25) is 0 Å². The molecule has 0 radical (unpaired) electrons. The first-order chi connectivity index (χ1) is 11.7. The number of hydrogen-bond acceptors (Lipinski definition) is 2. The van der Waals surface area contributed by atoms with Gasteiger partial charge in [0.25, 0.3) is 0 Å². The Bertz CT molecular complexity index is 431. The van der Waals surface area contributed by atoms with E-state index in [1.807, 2.05) is 0 Å². The average Bonchev–Trinajstić information content (AvgIpc) is 2.60. The van der Waals surface area contributed by atoms with Crippen LogP contribution in [0.4, 0.5) is 0 Å². The average molecular weight is 333 g/mol. The summed E-state index contributed by atoms with van der Waals surface area (Å²) in [6, 6.07) is 10.6. The van der Waals surface area contributed by atoms with Gasteiger partial charge in [0, 0.05) is 5.92 Å². The molecule has 2 rings (SSSR count). The van der Waals surface area contributed by atoms with E-state index in [0.717, 1.165) is 25.7 Å². The Morgan fingerprint density at radius 2 is 1.71 bits per heavy atom. The van der Waals surface area contributed by atoms with Gasteiger partial charge in [-0.2, -0.15) is 0 Å². The highest BCUT2D eigenvalue weighted by atomic mass is 16.5. The van der Waals surface area contributed by atoms with Crippen molar-refractivity contribution in [1.82, 2.24) is 0 Å². The topological polar surface area (TPSA) is 29.5 Å². The molecule has 0 spiro atoms. The molecule has 4 atom stereocenters. The molecule has 1 heterocycles. The summed E-state index contributed by atoms with van der Waals surface area (Å²) in [5.74, 6) is 0.245. The van der Waals surface area contributed by atoms with Gasteiger partial charge in [0.1, 0.15) is 0 Å². The van der Waals surface area contributed by atoms with Crippen LogP contribution < -0.4 is 0 Å². The Balaban J connectivity index is 1.72. The van der Waals surface area contributed by atoms with Crippen molar-refractivity contribution in [2.45, 2.75) is 96.4 Å². The number of rotatable bonds is 10. The predicted molar refractivity (Wildman–Crippen MR) is 101 cm³/mol. The second-order valence-electron chi connectivity index (χ2n) is 7.54. The fourth-order valence-corrected chi connectivity index (χ4v) is 3.78. The molecule has 1 aliphatic rings. The highest BCUT2D eigenvalue weighted by Gasteiger charge is 2.34. The van der Waals surface area contributed by atoms with Crippen molar-refractivity contribution in [1.29, 1.82) is 0 Å². The van der Waals surface area contributed by atoms with Crippen LogP contribution in [-0.4, -0.2) is 23.4 Å². The Labute approximate surface area is 148 Å². The zero-order valence-corrected chi connectivity index (χ0v) is 15.6. The van der Waals surface area contributed by atoms with Crippen LogP contribution >= 0.6 is 0 Å². The second-order valence-corrected chi connectivity index (χ2v) is 7.54. The summed E-state index contributed by atoms with van der Waals surface area (Å²) < 4.78 is 6.36. The van der Waals surface area contributed by atoms with E-state index in [9.17, 15) is 5.11 Å². The molecule has 0 aromatic heterocycles. The molecule has 1 aromatic carbocycles. The van der Waals surface area contributed by atoms with Crippen molar-refractivity contribution in [3.63, 3.8) is 0 Å². The Kier molecular flexibility index (Phi) is 8.83. The molecular weight excluding hydrogens is 296 g/mol. The third kappa shape index (κ3) is 6.57. The molecule has 4 unspecified atom stereocenters. The lowest BCUT2D eigenvalue weighted by Gasteiger charge is -2.38. The van der Waals surface area contributed by atoms with Gasteiger partial charge in [-0.25, -0.2) is 0 Å². The first-order valence-corrected chi connectivity index (χ1v) is 10.1. The van der Waals surface area contributed by atoms with Crippen molar-refractivity contribution in [3.05, 3.63) is 35.9 Å². The van der Waals surface area contributed by atoms with E-state index in [0.29, 0.717) is 0 Å². The van der Waals surface area contributed by atoms with Crippen LogP contribution in [0.3, 0.4) is 0 Å². The van der Waals surface area contributed by atoms with Crippen LogP contribution in [0.5, 0.6) is 0 Å². The molecule has 1 aromatic rings. The van der Waals surface area contributed by atoms with Gasteiger partial charge in [0.05, 0.1) is 18.3 Å². The molecule has 0 aliphatic carbocycles. The third-order valence-electron chi connectivity index (χ3n) is 5.50. The minimum absolute atomic E-state index is 0.194. The minimum Gasteiger partial charge on any atom is -0.393 e. The van der Waals surface area contributed by atoms with Crippen molar-refractivity contribution < 1.29 is 9.84 Å². The number of hydrogen-bond donors (Lipinski definition) is 1. The third-order valence-corrected chi connectivity index (χ3v) is 5.50. The molecular formula is C22H36O2. The van der Waals surface area contributed by atoms with E-state index < -0.39 is 0 Å². The van der Waals surface area contributed by atoms with E-state index in [1.54, 1.807) is 0 Å². The van der Waals surface area contributed by atoms with Gasteiger partial charge in [-0.15, -0.1) is 0 Å². The van der Waals surface area contributed by atoms with E-state index in [-0.39, 0.29) is 24.2 Å². The maximum absolute atomic E-state index is 10.4. The van der Waals surface area contributed by atoms with Gasteiger partial charge in [-0.1, -0.05) is 82.7 Å². The summed E-state index contributed by atoms with van der Waals surface area (Å²) in [5.41, 5.74) is 1.36. The number of aryl methyl sites for hydroxylation is 1. The van der Waals surface area contributed by atoms with Gasteiger partial charge in [-0.05, 0) is 31.2 Å². The number of unbranched alkanes of at least 4 members (excludes halogenated alkanes) is 5. The lowest BCUT2D eigenvalue weighted by Crippen LogP contribution is -2.43. The van der Waals surface area contributed by atoms with Crippen molar-refractivity contribution in [2.75, 3.05) is 0 Å². The molecule has 1 aliphatic heterocycles. The van der Waals surface area contributed by atoms with Crippen molar-refractivity contribution in [2.24, 2.45) is 5.92 Å². The lowest BCUT2D eigenvalue weighted by molar-refractivity contribution is -0.135. The highest BCUT2D eigenvalue weighted by molar-refractivity contribution is 5.14. The second kappa shape index (κ2) is 10.9. The smallest absolute Gasteiger partial charge is 0.0632 e. The fourth-order valence-electron chi connectivity index (χ4n) is 3.78. The van der Waals surface area contributed by atoms with Crippen LogP contribution in [0.25, 0.3) is 0 Å². The van der Waals surface area contributed by atoms with Crippen LogP contribution in [0.2, 0.25) is 0 Å². The minimum atomic E-state index is -0.204. The number of aliphatic hydroxyl groups is 1. The first kappa shape index (κ1) is 19.5. The van der Waals surface area contributed by atoms with Crippen molar-refractivity contribution >= 4 is 0 Å². The standard InChI is InChI=1S/C22H36O2/c1-3-4-5-6-7-11-14-20-17-21(23)18(2)22(24-20)16-15-19-12-9-8-10-13-19/h8-10,12-13,18,20-23H,3-7,11,14-17H2,1-2H3. The Hall–Kier alpha value is -0.860. The monoisotopic (exact) mass is 332 g/mol. The van der Waals surface area contributed by atoms with Crippen LogP contribution in [-0.2, 0) is 11.2 Å². The summed E-state index contributed by atoms with van der Waals surface area (Å²) in [7, 11) is 0. The summed E-state index contributed by atoms with van der Waals surface area (Å²) in [4.78, 5) is 0. The van der Waals surface area contributed by atoms with Gasteiger partial charge in [0.15, 0.2) is 0 Å². The van der Waals surface area contributed by atoms with Gasteiger partial charge < -0.3 is 9.84 Å². The molecule has 2 heteroatoms. The molecule has 0 saturated carbocycles. The normalized spacial score (nSPS) is 27.3. The van der Waals surface area contributed by atoms with Crippen LogP contribution in [0.1, 0.15) is 77.2 Å². The summed E-state index contributed by atoms with van der Waals surface area (Å²) >= 11 is 0. The molecule has 24 heavy (non-hydrogen) atoms. The zero-order chi connectivity index (χ0) is 17.2. The number of ether oxygens (including phenoxy) is 1. The van der Waals surface area contributed by atoms with E-state index in [1.165, 1.54) is 44.1 Å². The molecule has 1 saturated heterocycles. The van der Waals surface area contributed by atoms with E-state index in [4.69, 9.17) is 4.74 Å². The summed E-state index contributed by atoms with van der Waals surface area (Å²) in [6.45, 7) is 4.40. The first-order valence-electron chi connectivity index (χ1n) is 10.1. The molecule has 0 bridgehead atoms. The quantitative estimate of drug-likeness (QED) is 0.571. The highest BCUT2D eigenvalue weighted by Crippen LogP contribution is 2.30. The van der Waals surface area contributed by atoms with Gasteiger partial charge >= 0.3 is 0 Å². The SMILES string of the molecule is CCCCCCCCC1CC(O)C(C)C(CCc2ccccc2)O1. The van der Waals surface area contributed by atoms with Crippen LogP contribution in [0, 0.1) is 5.92 Å². The molecule has 136 valence electrons. The molecule has 1 N–H and O–H groups in total. The van der Waals surface area contributed by atoms with Gasteiger partial charge in [-0.3, -0.25) is 0 Å². The maximum Gasteiger partial charge on any atom is 0.0632 e. The maximum atomic E-state index is 10.4. The van der Waals surface area contributed by atoms with Crippen LogP contribution in [0.15, 0.2) is 30.3 Å². The molecule has 1 fully saturated rings.